The van der Waals surface area contributed by atoms with E-state index in [0.717, 1.165) is 18.6 Å². The Morgan fingerprint density at radius 3 is 2.20 bits per heavy atom. The molecule has 1 aromatic carbocycles. The molecule has 0 aliphatic rings. The van der Waals surface area contributed by atoms with Crippen molar-refractivity contribution in [3.05, 3.63) is 60.4 Å². The first kappa shape index (κ1) is 16.8. The van der Waals surface area contributed by atoms with Gasteiger partial charge in [0.25, 0.3) is 0 Å². The predicted molar refractivity (Wildman–Crippen MR) is 91.3 cm³/mol. The third-order valence-corrected chi connectivity index (χ3v) is 8.62. The lowest BCUT2D eigenvalue weighted by Gasteiger charge is -2.29. The smallest absolute Gasteiger partial charge is 0.250 e. The van der Waals surface area contributed by atoms with Crippen molar-refractivity contribution in [2.45, 2.75) is 51.7 Å². The van der Waals surface area contributed by atoms with Crippen LogP contribution in [0.3, 0.4) is 0 Å². The van der Waals surface area contributed by atoms with E-state index in [-0.39, 0.29) is 0 Å². The molecule has 0 atom stereocenters. The molecule has 0 aliphatic carbocycles. The normalized spacial score (nSPS) is 12.2. The van der Waals surface area contributed by atoms with Crippen molar-refractivity contribution in [2.75, 3.05) is 0 Å². The highest BCUT2D eigenvalue weighted by atomic mass is 28.4. The van der Waals surface area contributed by atoms with Crippen LogP contribution < -0.4 is 0 Å². The van der Waals surface area contributed by atoms with Crippen LogP contribution in [-0.2, 0) is 10.8 Å². The molecule has 0 bridgehead atoms. The van der Waals surface area contributed by atoms with Gasteiger partial charge >= 0.3 is 0 Å². The molecule has 110 valence electrons. The van der Waals surface area contributed by atoms with Gasteiger partial charge in [-0.05, 0) is 48.7 Å². The van der Waals surface area contributed by atoms with Crippen LogP contribution in [0.5, 0.6) is 0 Å². The fourth-order valence-corrected chi connectivity index (χ4v) is 5.01. The van der Waals surface area contributed by atoms with Crippen LogP contribution in [0, 0.1) is 0 Å². The molecule has 0 fully saturated rings. The summed E-state index contributed by atoms with van der Waals surface area (Å²) in [4.78, 5) is 0. The third-order valence-electron chi connectivity index (χ3n) is 4.09. The summed E-state index contributed by atoms with van der Waals surface area (Å²) in [5.41, 5.74) is 1.37. The lowest BCUT2D eigenvalue weighted by molar-refractivity contribution is 0.420. The molecule has 1 rings (SSSR count). The number of hydrogen-bond acceptors (Lipinski definition) is 1. The lowest BCUT2D eigenvalue weighted by Crippen LogP contribution is -2.35. The summed E-state index contributed by atoms with van der Waals surface area (Å²) >= 11 is 0. The molecule has 2 heteroatoms. The van der Waals surface area contributed by atoms with Crippen LogP contribution in [0.2, 0.25) is 18.1 Å². The molecule has 1 nitrogen and oxygen atoms in total. The Labute approximate surface area is 125 Å². The van der Waals surface area contributed by atoms with Gasteiger partial charge < -0.3 is 4.43 Å². The summed E-state index contributed by atoms with van der Waals surface area (Å²) in [6.07, 6.45) is 6.13. The lowest BCUT2D eigenvalue weighted by atomic mass is 10.1. The third kappa shape index (κ3) is 5.01. The maximum atomic E-state index is 6.35. The maximum absolute atomic E-state index is 6.35. The second-order valence-corrected chi connectivity index (χ2v) is 9.87. The minimum Gasteiger partial charge on any atom is -0.544 e. The van der Waals surface area contributed by atoms with Gasteiger partial charge in [0.2, 0.25) is 8.32 Å². The molecular formula is C18H28OSi. The van der Waals surface area contributed by atoms with Crippen molar-refractivity contribution in [1.82, 2.24) is 0 Å². The van der Waals surface area contributed by atoms with Gasteiger partial charge in [-0.3, -0.25) is 0 Å². The highest BCUT2D eigenvalue weighted by molar-refractivity contribution is 6.73. The van der Waals surface area contributed by atoms with E-state index >= 15 is 0 Å². The fourth-order valence-electron chi connectivity index (χ4n) is 2.41. The zero-order valence-corrected chi connectivity index (χ0v) is 14.2. The summed E-state index contributed by atoms with van der Waals surface area (Å²) in [6, 6.07) is 14.1. The van der Waals surface area contributed by atoms with E-state index in [1.165, 1.54) is 23.7 Å². The van der Waals surface area contributed by atoms with E-state index in [1.807, 2.05) is 6.08 Å². The standard InChI is InChI=1S/C18H28OSi/c1-5-18(19-20(6-2,7-3)8-4)16-12-15-17-13-10-9-11-14-17/h5,9-11,13-14,16H,1,6-8,12,15H2,2-4H3. The minimum absolute atomic E-state index is 0.984. The van der Waals surface area contributed by atoms with Crippen LogP contribution in [0.1, 0.15) is 32.8 Å². The second kappa shape index (κ2) is 8.80. The Balaban J connectivity index is 2.61. The van der Waals surface area contributed by atoms with E-state index in [0.29, 0.717) is 0 Å². The Hall–Kier alpha value is -1.28. The van der Waals surface area contributed by atoms with Crippen LogP contribution in [0.15, 0.2) is 54.8 Å². The van der Waals surface area contributed by atoms with E-state index in [1.54, 1.807) is 0 Å². The first-order valence-corrected chi connectivity index (χ1v) is 10.3. The molecule has 0 spiro atoms. The Bertz CT molecular complexity index is 410. The molecule has 0 saturated carbocycles. The van der Waals surface area contributed by atoms with Crippen molar-refractivity contribution in [3.63, 3.8) is 0 Å². The topological polar surface area (TPSA) is 9.23 Å². The van der Waals surface area contributed by atoms with Crippen LogP contribution >= 0.6 is 0 Å². The number of aryl methyl sites for hydroxylation is 1. The minimum atomic E-state index is -1.57. The summed E-state index contributed by atoms with van der Waals surface area (Å²) < 4.78 is 6.35. The molecule has 0 heterocycles. The van der Waals surface area contributed by atoms with Crippen molar-refractivity contribution in [3.8, 4) is 0 Å². The van der Waals surface area contributed by atoms with Gasteiger partial charge in [0.1, 0.15) is 0 Å². The molecule has 0 aliphatic heterocycles. The van der Waals surface area contributed by atoms with Gasteiger partial charge in [-0.1, -0.05) is 57.7 Å². The van der Waals surface area contributed by atoms with Crippen molar-refractivity contribution < 1.29 is 4.43 Å². The molecule has 0 radical (unpaired) electrons. The largest absolute Gasteiger partial charge is 0.544 e. The predicted octanol–water partition coefficient (Wildman–Crippen LogP) is 5.71. The summed E-state index contributed by atoms with van der Waals surface area (Å²) in [6.45, 7) is 10.7. The molecule has 0 N–H and O–H groups in total. The summed E-state index contributed by atoms with van der Waals surface area (Å²) in [7, 11) is -1.57. The highest BCUT2D eigenvalue weighted by Gasteiger charge is 2.30. The molecule has 0 aromatic heterocycles. The van der Waals surface area contributed by atoms with Crippen LogP contribution in [-0.4, -0.2) is 8.32 Å². The van der Waals surface area contributed by atoms with Gasteiger partial charge in [-0.15, -0.1) is 0 Å². The van der Waals surface area contributed by atoms with E-state index in [2.05, 4.69) is 63.8 Å². The molecule has 20 heavy (non-hydrogen) atoms. The SMILES string of the molecule is C=CC(=CCCc1ccccc1)O[Si](CC)(CC)CC. The monoisotopic (exact) mass is 288 g/mol. The Morgan fingerprint density at radius 2 is 1.70 bits per heavy atom. The number of benzene rings is 1. The van der Waals surface area contributed by atoms with Crippen molar-refractivity contribution >= 4 is 8.32 Å². The number of allylic oxidation sites excluding steroid dienone is 2. The fraction of sp³-hybridized carbons (Fsp3) is 0.444. The first-order valence-electron chi connectivity index (χ1n) is 7.75. The molecule has 0 saturated heterocycles. The summed E-state index contributed by atoms with van der Waals surface area (Å²) in [5.74, 6) is 0.984. The quantitative estimate of drug-likeness (QED) is 0.321. The van der Waals surface area contributed by atoms with Gasteiger partial charge in [0.05, 0.1) is 5.76 Å². The van der Waals surface area contributed by atoms with E-state index in [4.69, 9.17) is 4.43 Å². The first-order chi connectivity index (χ1) is 9.69. The van der Waals surface area contributed by atoms with Crippen molar-refractivity contribution in [1.29, 1.82) is 0 Å². The van der Waals surface area contributed by atoms with Crippen molar-refractivity contribution in [2.24, 2.45) is 0 Å². The maximum Gasteiger partial charge on any atom is 0.250 e. The highest BCUT2D eigenvalue weighted by Crippen LogP contribution is 2.25. The number of rotatable bonds is 9. The molecule has 0 unspecified atom stereocenters. The zero-order valence-electron chi connectivity index (χ0n) is 13.2. The Morgan fingerprint density at radius 1 is 1.10 bits per heavy atom. The van der Waals surface area contributed by atoms with E-state index < -0.39 is 8.32 Å². The Kier molecular flexibility index (Phi) is 7.38. The average molecular weight is 289 g/mol. The van der Waals surface area contributed by atoms with Gasteiger partial charge in [0.15, 0.2) is 0 Å². The number of hydrogen-bond donors (Lipinski definition) is 0. The van der Waals surface area contributed by atoms with E-state index in [9.17, 15) is 0 Å². The summed E-state index contributed by atoms with van der Waals surface area (Å²) in [5, 5.41) is 0. The zero-order chi connectivity index (χ0) is 14.8. The molecule has 0 amide bonds. The van der Waals surface area contributed by atoms with Crippen LogP contribution in [0.4, 0.5) is 0 Å². The average Bonchev–Trinajstić information content (AvgIpc) is 2.52. The molecule has 1 aromatic rings. The van der Waals surface area contributed by atoms with Gasteiger partial charge in [-0.2, -0.15) is 0 Å². The van der Waals surface area contributed by atoms with Crippen LogP contribution in [0.25, 0.3) is 0 Å². The second-order valence-electron chi connectivity index (χ2n) is 5.18. The van der Waals surface area contributed by atoms with Gasteiger partial charge in [0, 0.05) is 0 Å². The molecular weight excluding hydrogens is 260 g/mol. The van der Waals surface area contributed by atoms with Gasteiger partial charge in [-0.25, -0.2) is 0 Å².